The van der Waals surface area contributed by atoms with Crippen LogP contribution in [0, 0.1) is 0 Å². The Morgan fingerprint density at radius 3 is 2.27 bits per heavy atom. The monoisotopic (exact) mass is 428 g/mol. The lowest BCUT2D eigenvalue weighted by atomic mass is 9.94. The van der Waals surface area contributed by atoms with Gasteiger partial charge >= 0.3 is 0 Å². The second kappa shape index (κ2) is 8.18. The Balaban J connectivity index is 1.27. The summed E-state index contributed by atoms with van der Waals surface area (Å²) < 4.78 is 22.9. The van der Waals surface area contributed by atoms with Crippen molar-refractivity contribution in [3.63, 3.8) is 0 Å². The summed E-state index contributed by atoms with van der Waals surface area (Å²) in [6.45, 7) is 0.310. The van der Waals surface area contributed by atoms with Crippen molar-refractivity contribution < 1.29 is 22.8 Å². The lowest BCUT2D eigenvalue weighted by Gasteiger charge is -2.27. The first-order valence-electron chi connectivity index (χ1n) is 10.2. The molecule has 3 amide bonds. The third-order valence-electron chi connectivity index (χ3n) is 5.74. The molecular weight excluding hydrogens is 404 g/mol. The Morgan fingerprint density at radius 2 is 1.67 bits per heavy atom. The van der Waals surface area contributed by atoms with Crippen molar-refractivity contribution in [2.75, 3.05) is 18.1 Å². The van der Waals surface area contributed by atoms with Crippen LogP contribution in [0.2, 0.25) is 0 Å². The van der Waals surface area contributed by atoms with Crippen LogP contribution in [0.1, 0.15) is 52.8 Å². The lowest BCUT2D eigenvalue weighted by Crippen LogP contribution is -2.40. The van der Waals surface area contributed by atoms with Crippen LogP contribution in [0.5, 0.6) is 0 Å². The largest absolute Gasteiger partial charge is 0.352 e. The predicted octanol–water partition coefficient (Wildman–Crippen LogP) is 2.30. The van der Waals surface area contributed by atoms with Gasteiger partial charge in [0.05, 0.1) is 11.5 Å². The Kier molecular flexibility index (Phi) is 5.60. The first-order chi connectivity index (χ1) is 14.4. The smallest absolute Gasteiger partial charge is 0.261 e. The Hall–Kier alpha value is -2.74. The predicted molar refractivity (Wildman–Crippen MR) is 113 cm³/mol. The number of unbranched alkanes of at least 4 members (excludes halogenated alkanes) is 2. The molecule has 2 heterocycles. The summed E-state index contributed by atoms with van der Waals surface area (Å²) >= 11 is 0. The third kappa shape index (κ3) is 4.09. The van der Waals surface area contributed by atoms with Gasteiger partial charge < -0.3 is 5.32 Å². The van der Waals surface area contributed by atoms with Gasteiger partial charge in [-0.05, 0) is 36.8 Å². The zero-order valence-electron chi connectivity index (χ0n) is 16.6. The number of nitrogens with one attached hydrogen (secondary N) is 1. The van der Waals surface area contributed by atoms with E-state index >= 15 is 0 Å². The number of imide groups is 1. The Morgan fingerprint density at radius 1 is 1.00 bits per heavy atom. The van der Waals surface area contributed by atoms with Crippen molar-refractivity contribution in [3.05, 3.63) is 47.5 Å². The van der Waals surface area contributed by atoms with E-state index in [1.807, 2.05) is 24.3 Å². The van der Waals surface area contributed by atoms with E-state index in [0.29, 0.717) is 49.8 Å². The Bertz CT molecular complexity index is 1070. The standard InChI is InChI=1S/C22H24N2O5S/c25-19(23-16-11-13-30(28,29)14-16)10-2-1-3-12-24-21(26)17-8-4-6-15-7-5-9-18(20(15)17)22(24)27/h4-9,16H,1-3,10-14H2,(H,23,25)/t16-/m1/s1. The highest BCUT2D eigenvalue weighted by molar-refractivity contribution is 7.91. The molecule has 0 spiro atoms. The quantitative estimate of drug-likeness (QED) is 0.539. The van der Waals surface area contributed by atoms with Crippen LogP contribution in [-0.2, 0) is 14.6 Å². The van der Waals surface area contributed by atoms with Crippen molar-refractivity contribution in [1.29, 1.82) is 0 Å². The van der Waals surface area contributed by atoms with Gasteiger partial charge in [0.25, 0.3) is 11.8 Å². The van der Waals surface area contributed by atoms with Crippen LogP contribution < -0.4 is 5.32 Å². The molecule has 158 valence electrons. The van der Waals surface area contributed by atoms with Gasteiger partial charge in [-0.2, -0.15) is 0 Å². The highest BCUT2D eigenvalue weighted by Crippen LogP contribution is 2.30. The first kappa shape index (κ1) is 20.5. The van der Waals surface area contributed by atoms with Gasteiger partial charge in [-0.15, -0.1) is 0 Å². The maximum atomic E-state index is 12.8. The van der Waals surface area contributed by atoms with Gasteiger partial charge in [-0.25, -0.2) is 8.42 Å². The molecule has 2 aliphatic heterocycles. The zero-order valence-corrected chi connectivity index (χ0v) is 17.4. The number of hydrogen-bond acceptors (Lipinski definition) is 5. The lowest BCUT2D eigenvalue weighted by molar-refractivity contribution is -0.121. The molecular formula is C22H24N2O5S. The van der Waals surface area contributed by atoms with Gasteiger partial charge in [-0.3, -0.25) is 19.3 Å². The molecule has 1 N–H and O–H groups in total. The van der Waals surface area contributed by atoms with E-state index in [4.69, 9.17) is 0 Å². The number of carbonyl (C=O) groups excluding carboxylic acids is 3. The van der Waals surface area contributed by atoms with Crippen LogP contribution in [0.25, 0.3) is 10.8 Å². The van der Waals surface area contributed by atoms with Crippen molar-refractivity contribution in [2.45, 2.75) is 38.1 Å². The van der Waals surface area contributed by atoms with Crippen LogP contribution in [0.4, 0.5) is 0 Å². The molecule has 0 unspecified atom stereocenters. The normalized spacial score (nSPS) is 20.0. The number of amides is 3. The first-order valence-corrected chi connectivity index (χ1v) is 12.1. The maximum Gasteiger partial charge on any atom is 0.261 e. The summed E-state index contributed by atoms with van der Waals surface area (Å²) in [7, 11) is -3.01. The Labute approximate surface area is 175 Å². The van der Waals surface area contributed by atoms with E-state index in [-0.39, 0.29) is 35.3 Å². The number of carbonyl (C=O) groups is 3. The van der Waals surface area contributed by atoms with Gasteiger partial charge in [0.15, 0.2) is 9.84 Å². The van der Waals surface area contributed by atoms with Crippen LogP contribution >= 0.6 is 0 Å². The molecule has 7 nitrogen and oxygen atoms in total. The summed E-state index contributed by atoms with van der Waals surface area (Å²) in [6.07, 6.45) is 2.70. The molecule has 8 heteroatoms. The van der Waals surface area contributed by atoms with E-state index in [2.05, 4.69) is 5.32 Å². The second-order valence-electron chi connectivity index (χ2n) is 7.95. The minimum atomic E-state index is -3.01. The summed E-state index contributed by atoms with van der Waals surface area (Å²) in [5.41, 5.74) is 1.10. The van der Waals surface area contributed by atoms with Crippen molar-refractivity contribution in [1.82, 2.24) is 10.2 Å². The number of rotatable bonds is 7. The van der Waals surface area contributed by atoms with Gasteiger partial charge in [0, 0.05) is 35.5 Å². The molecule has 1 fully saturated rings. The van der Waals surface area contributed by atoms with Crippen LogP contribution in [0.15, 0.2) is 36.4 Å². The molecule has 1 saturated heterocycles. The average Bonchev–Trinajstić information content (AvgIpc) is 3.06. The molecule has 0 aliphatic carbocycles. The highest BCUT2D eigenvalue weighted by atomic mass is 32.2. The summed E-state index contributed by atoms with van der Waals surface area (Å²) in [6, 6.07) is 10.6. The molecule has 0 saturated carbocycles. The molecule has 0 radical (unpaired) electrons. The number of nitrogens with zero attached hydrogens (tertiary/aromatic N) is 1. The minimum Gasteiger partial charge on any atom is -0.352 e. The molecule has 1 atom stereocenters. The fourth-order valence-corrected chi connectivity index (χ4v) is 5.90. The third-order valence-corrected chi connectivity index (χ3v) is 7.51. The van der Waals surface area contributed by atoms with Crippen molar-refractivity contribution in [3.8, 4) is 0 Å². The zero-order chi connectivity index (χ0) is 21.3. The summed E-state index contributed by atoms with van der Waals surface area (Å²) in [5, 5.41) is 4.38. The molecule has 4 rings (SSSR count). The van der Waals surface area contributed by atoms with Crippen LogP contribution in [0.3, 0.4) is 0 Å². The van der Waals surface area contributed by atoms with E-state index in [9.17, 15) is 22.8 Å². The minimum absolute atomic E-state index is 0.0200. The number of sulfone groups is 1. The van der Waals surface area contributed by atoms with Gasteiger partial charge in [0.2, 0.25) is 5.91 Å². The second-order valence-corrected chi connectivity index (χ2v) is 10.2. The summed E-state index contributed by atoms with van der Waals surface area (Å²) in [4.78, 5) is 38.9. The maximum absolute atomic E-state index is 12.8. The van der Waals surface area contributed by atoms with E-state index in [0.717, 1.165) is 10.8 Å². The molecule has 0 aromatic heterocycles. The fourth-order valence-electron chi connectivity index (χ4n) is 4.22. The topological polar surface area (TPSA) is 101 Å². The number of hydrogen-bond donors (Lipinski definition) is 1. The fraction of sp³-hybridized carbons (Fsp3) is 0.409. The SMILES string of the molecule is O=C(CCCCCN1C(=O)c2cccc3cccc(c23)C1=O)N[C@@H]1CCS(=O)(=O)C1. The highest BCUT2D eigenvalue weighted by Gasteiger charge is 2.32. The van der Waals surface area contributed by atoms with E-state index in [1.165, 1.54) is 4.90 Å². The molecule has 2 aliphatic rings. The van der Waals surface area contributed by atoms with Gasteiger partial charge in [0.1, 0.15) is 0 Å². The van der Waals surface area contributed by atoms with E-state index < -0.39 is 9.84 Å². The van der Waals surface area contributed by atoms with E-state index in [1.54, 1.807) is 12.1 Å². The van der Waals surface area contributed by atoms with Crippen molar-refractivity contribution >= 4 is 38.3 Å². The number of benzene rings is 2. The summed E-state index contributed by atoms with van der Waals surface area (Å²) in [5.74, 6) is -0.546. The molecule has 2 aromatic carbocycles. The molecule has 30 heavy (non-hydrogen) atoms. The van der Waals surface area contributed by atoms with Crippen molar-refractivity contribution in [2.24, 2.45) is 0 Å². The molecule has 2 aromatic rings. The van der Waals surface area contributed by atoms with Gasteiger partial charge in [-0.1, -0.05) is 30.7 Å². The average molecular weight is 429 g/mol. The molecule has 0 bridgehead atoms. The van der Waals surface area contributed by atoms with Crippen LogP contribution in [-0.4, -0.2) is 55.1 Å².